The molecule has 36 heavy (non-hydrogen) atoms. The molecular formula is C26H18F3N3O3S. The van der Waals surface area contributed by atoms with Gasteiger partial charge in [-0.05, 0) is 59.7 Å². The highest BCUT2D eigenvalue weighted by molar-refractivity contribution is 7.89. The van der Waals surface area contributed by atoms with Gasteiger partial charge in [-0.1, -0.05) is 24.3 Å². The number of hydrogen-bond acceptors (Lipinski definition) is 5. The third kappa shape index (κ3) is 5.27. The number of aromatic nitrogens is 1. The van der Waals surface area contributed by atoms with E-state index in [0.29, 0.717) is 5.56 Å². The number of alkyl halides is 3. The summed E-state index contributed by atoms with van der Waals surface area (Å²) in [6.07, 6.45) is 0.915. The second kappa shape index (κ2) is 9.89. The lowest BCUT2D eigenvalue weighted by atomic mass is 9.94. The fraction of sp³-hybridized carbons (Fsp3) is 0.115. The molecule has 1 aromatic heterocycles. The lowest BCUT2D eigenvalue weighted by Gasteiger charge is -2.29. The molecular weight excluding hydrogens is 491 g/mol. The number of nitrogens with zero attached hydrogens (tertiary/aromatic N) is 3. The highest BCUT2D eigenvalue weighted by Crippen LogP contribution is 2.34. The summed E-state index contributed by atoms with van der Waals surface area (Å²) < 4.78 is 68.5. The maximum absolute atomic E-state index is 13.6. The Bertz CT molecular complexity index is 1510. The average Bonchev–Trinajstić information content (AvgIpc) is 2.86. The Morgan fingerprint density at radius 2 is 1.61 bits per heavy atom. The number of rotatable bonds is 4. The Labute approximate surface area is 205 Å². The topological polar surface area (TPSA) is 91.1 Å². The summed E-state index contributed by atoms with van der Waals surface area (Å²) in [6.45, 7) is -0.702. The van der Waals surface area contributed by atoms with Crippen molar-refractivity contribution in [2.24, 2.45) is 0 Å². The van der Waals surface area contributed by atoms with E-state index in [-0.39, 0.29) is 33.7 Å². The van der Waals surface area contributed by atoms with Crippen LogP contribution in [0.25, 0.3) is 12.2 Å². The smallest absolute Gasteiger partial charge is 0.289 e. The predicted octanol–water partition coefficient (Wildman–Crippen LogP) is 4.71. The van der Waals surface area contributed by atoms with Gasteiger partial charge in [-0.15, -0.1) is 0 Å². The molecule has 0 amide bonds. The monoisotopic (exact) mass is 509 g/mol. The number of carbonyl (C=O) groups excluding carboxylic acids is 1. The number of pyridine rings is 1. The number of Topliss-reactive ketones (excluding diaryl/α,β-unsaturated/α-hetero) is 1. The zero-order chi connectivity index (χ0) is 25.9. The number of ketones is 1. The number of piperidine rings is 1. The summed E-state index contributed by atoms with van der Waals surface area (Å²) in [5.41, 5.74) is -0.396. The van der Waals surface area contributed by atoms with Crippen LogP contribution < -0.4 is 0 Å². The minimum atomic E-state index is -4.66. The Balaban J connectivity index is 1.82. The van der Waals surface area contributed by atoms with Gasteiger partial charge in [0.2, 0.25) is 10.0 Å². The number of carbonyl (C=O) groups is 1. The summed E-state index contributed by atoms with van der Waals surface area (Å²) in [5.74, 6) is -0.554. The lowest BCUT2D eigenvalue weighted by molar-refractivity contribution is -0.137. The molecule has 0 saturated carbocycles. The number of nitriles is 1. The first-order chi connectivity index (χ1) is 17.1. The molecule has 0 atom stereocenters. The van der Waals surface area contributed by atoms with Crippen molar-refractivity contribution in [3.05, 3.63) is 106 Å². The normalized spacial score (nSPS) is 17.3. The zero-order valence-electron chi connectivity index (χ0n) is 18.6. The van der Waals surface area contributed by atoms with Crippen LogP contribution in [0.15, 0.2) is 89.1 Å². The van der Waals surface area contributed by atoms with Crippen LogP contribution >= 0.6 is 0 Å². The first kappa shape index (κ1) is 25.0. The molecule has 3 aromatic rings. The fourth-order valence-electron chi connectivity index (χ4n) is 3.76. The van der Waals surface area contributed by atoms with Gasteiger partial charge in [-0.25, -0.2) is 8.42 Å². The first-order valence-electron chi connectivity index (χ1n) is 10.6. The number of sulfonamides is 1. The van der Waals surface area contributed by atoms with E-state index in [1.807, 2.05) is 6.07 Å². The van der Waals surface area contributed by atoms with Gasteiger partial charge in [0.05, 0.1) is 22.1 Å². The second-order valence-electron chi connectivity index (χ2n) is 7.95. The fourth-order valence-corrected chi connectivity index (χ4v) is 5.16. The molecule has 4 rings (SSSR count). The summed E-state index contributed by atoms with van der Waals surface area (Å²) in [4.78, 5) is 17.2. The van der Waals surface area contributed by atoms with Gasteiger partial charge in [0.25, 0.3) is 0 Å². The zero-order valence-corrected chi connectivity index (χ0v) is 19.4. The average molecular weight is 510 g/mol. The van der Waals surface area contributed by atoms with E-state index >= 15 is 0 Å². The van der Waals surface area contributed by atoms with Crippen LogP contribution in [-0.2, 0) is 21.0 Å². The van der Waals surface area contributed by atoms with Gasteiger partial charge in [-0.3, -0.25) is 9.78 Å². The second-order valence-corrected chi connectivity index (χ2v) is 9.89. The molecule has 0 N–H and O–H groups in total. The first-order valence-corrected chi connectivity index (χ1v) is 12.1. The van der Waals surface area contributed by atoms with Crippen molar-refractivity contribution in [2.75, 3.05) is 13.1 Å². The molecule has 0 radical (unpaired) electrons. The molecule has 2 heterocycles. The Hall–Kier alpha value is -4.07. The molecule has 6 nitrogen and oxygen atoms in total. The third-order valence-electron chi connectivity index (χ3n) is 5.52. The van der Waals surface area contributed by atoms with Crippen molar-refractivity contribution in [3.63, 3.8) is 0 Å². The minimum Gasteiger partial charge on any atom is -0.289 e. The Morgan fingerprint density at radius 3 is 2.22 bits per heavy atom. The van der Waals surface area contributed by atoms with E-state index in [0.717, 1.165) is 16.4 Å². The van der Waals surface area contributed by atoms with Crippen molar-refractivity contribution >= 4 is 28.0 Å². The lowest BCUT2D eigenvalue weighted by Crippen LogP contribution is -2.41. The summed E-state index contributed by atoms with van der Waals surface area (Å²) in [7, 11) is -4.15. The van der Waals surface area contributed by atoms with Gasteiger partial charge in [0.15, 0.2) is 5.78 Å². The minimum absolute atomic E-state index is 0.0854. The van der Waals surface area contributed by atoms with E-state index in [2.05, 4.69) is 4.98 Å². The van der Waals surface area contributed by atoms with Crippen molar-refractivity contribution in [2.45, 2.75) is 11.1 Å². The molecule has 0 aliphatic carbocycles. The summed E-state index contributed by atoms with van der Waals surface area (Å²) in [5, 5.41) is 8.99. The quantitative estimate of drug-likeness (QED) is 0.475. The van der Waals surface area contributed by atoms with Crippen molar-refractivity contribution < 1.29 is 26.4 Å². The van der Waals surface area contributed by atoms with Crippen LogP contribution in [0.4, 0.5) is 13.2 Å². The maximum Gasteiger partial charge on any atom is 0.416 e. The molecule has 1 saturated heterocycles. The Kier molecular flexibility index (Phi) is 6.88. The van der Waals surface area contributed by atoms with Gasteiger partial charge >= 0.3 is 6.18 Å². The summed E-state index contributed by atoms with van der Waals surface area (Å²) >= 11 is 0. The van der Waals surface area contributed by atoms with Crippen molar-refractivity contribution in [1.82, 2.24) is 9.29 Å². The third-order valence-corrected chi connectivity index (χ3v) is 7.33. The maximum atomic E-state index is 13.6. The molecule has 2 aromatic carbocycles. The van der Waals surface area contributed by atoms with Crippen LogP contribution in [0.3, 0.4) is 0 Å². The molecule has 1 aliphatic heterocycles. The van der Waals surface area contributed by atoms with E-state index in [1.165, 1.54) is 60.9 Å². The van der Waals surface area contributed by atoms with Gasteiger partial charge in [0.1, 0.15) is 0 Å². The van der Waals surface area contributed by atoms with Crippen LogP contribution in [0.5, 0.6) is 0 Å². The van der Waals surface area contributed by atoms with E-state index in [1.54, 1.807) is 12.1 Å². The van der Waals surface area contributed by atoms with Crippen molar-refractivity contribution in [3.8, 4) is 6.07 Å². The highest BCUT2D eigenvalue weighted by Gasteiger charge is 2.36. The number of hydrogen-bond donors (Lipinski definition) is 0. The van der Waals surface area contributed by atoms with Crippen molar-refractivity contribution in [1.29, 1.82) is 5.26 Å². The van der Waals surface area contributed by atoms with E-state index in [9.17, 15) is 26.4 Å². The van der Waals surface area contributed by atoms with Gasteiger partial charge < -0.3 is 0 Å². The standard InChI is InChI=1S/C26H18F3N3O3S/c27-26(28,29)24-6-2-1-5-20(24)13-22-17-32(36(34,35)23-9-7-18(14-30)8-10-23)16-21(25(22)33)12-19-4-3-11-31-15-19/h1-13,15H,16-17H2/b21-12+,22-13+. The largest absolute Gasteiger partial charge is 0.416 e. The molecule has 182 valence electrons. The SMILES string of the molecule is N#Cc1ccc(S(=O)(=O)N2C/C(=C\c3cccnc3)C(=O)/C(=C/c3ccccc3C(F)(F)F)C2)cc1. The van der Waals surface area contributed by atoms with Crippen LogP contribution in [0.2, 0.25) is 0 Å². The van der Waals surface area contributed by atoms with Crippen LogP contribution in [0, 0.1) is 11.3 Å². The molecule has 0 spiro atoms. The molecule has 1 aliphatic rings. The number of halogens is 3. The summed E-state index contributed by atoms with van der Waals surface area (Å²) in [6, 6.07) is 15.2. The predicted molar refractivity (Wildman–Crippen MR) is 127 cm³/mol. The van der Waals surface area contributed by atoms with Gasteiger partial charge in [-0.2, -0.15) is 22.7 Å². The molecule has 10 heteroatoms. The van der Waals surface area contributed by atoms with Crippen LogP contribution in [0.1, 0.15) is 22.3 Å². The highest BCUT2D eigenvalue weighted by atomic mass is 32.2. The molecule has 1 fully saturated rings. The van der Waals surface area contributed by atoms with E-state index < -0.39 is 34.1 Å². The van der Waals surface area contributed by atoms with Gasteiger partial charge in [0, 0.05) is 36.6 Å². The number of benzene rings is 2. The molecule has 0 unspecified atom stereocenters. The molecule has 0 bridgehead atoms. The van der Waals surface area contributed by atoms with Crippen LogP contribution in [-0.4, -0.2) is 36.6 Å². The Morgan fingerprint density at radius 1 is 0.944 bits per heavy atom. The van der Waals surface area contributed by atoms with E-state index in [4.69, 9.17) is 5.26 Å².